The molecule has 2 aliphatic rings. The highest BCUT2D eigenvalue weighted by molar-refractivity contribution is 7.90. The number of benzene rings is 2. The molecule has 4 rings (SSSR count). The molecule has 0 bridgehead atoms. The van der Waals surface area contributed by atoms with Crippen LogP contribution in [0, 0.1) is 0 Å². The van der Waals surface area contributed by atoms with Crippen LogP contribution in [-0.2, 0) is 19.6 Å². The van der Waals surface area contributed by atoms with Crippen molar-refractivity contribution in [2.45, 2.75) is 30.6 Å². The maximum atomic E-state index is 12.7. The van der Waals surface area contributed by atoms with Crippen LogP contribution in [-0.4, -0.2) is 53.5 Å². The van der Waals surface area contributed by atoms with Gasteiger partial charge in [0.2, 0.25) is 0 Å². The summed E-state index contributed by atoms with van der Waals surface area (Å²) < 4.78 is 44.9. The lowest BCUT2D eigenvalue weighted by Crippen LogP contribution is -2.35. The van der Waals surface area contributed by atoms with Crippen LogP contribution in [0.15, 0.2) is 45.7 Å². The second kappa shape index (κ2) is 9.72. The van der Waals surface area contributed by atoms with Crippen LogP contribution in [0.2, 0.25) is 0 Å². The minimum absolute atomic E-state index is 0.0163. The van der Waals surface area contributed by atoms with E-state index in [9.17, 15) is 18.0 Å². The van der Waals surface area contributed by atoms with Crippen molar-refractivity contribution in [3.8, 4) is 11.5 Å². The van der Waals surface area contributed by atoms with Gasteiger partial charge in [0.15, 0.2) is 6.61 Å². The van der Waals surface area contributed by atoms with E-state index in [-0.39, 0.29) is 10.5 Å². The van der Waals surface area contributed by atoms with E-state index in [2.05, 4.69) is 9.71 Å². The number of esters is 1. The molecule has 0 saturated carbocycles. The van der Waals surface area contributed by atoms with E-state index in [1.165, 1.54) is 26.4 Å². The molecule has 10 nitrogen and oxygen atoms in total. The Bertz CT molecular complexity index is 1260. The van der Waals surface area contributed by atoms with E-state index < -0.39 is 28.5 Å². The van der Waals surface area contributed by atoms with Gasteiger partial charge in [0.25, 0.3) is 15.9 Å². The summed E-state index contributed by atoms with van der Waals surface area (Å²) in [7, 11) is -0.986. The highest BCUT2D eigenvalue weighted by Gasteiger charge is 2.32. The van der Waals surface area contributed by atoms with Gasteiger partial charge in [-0.25, -0.2) is 4.79 Å². The number of anilines is 2. The SMILES string of the molecule is COc1ccc(OC)c(NC(=O)COC(=O)c2ccc3c(c2)S(=O)(=O)N=C2CCCCCN23)c1. The third kappa shape index (κ3) is 4.84. The van der Waals surface area contributed by atoms with Gasteiger partial charge in [-0.1, -0.05) is 6.42 Å². The molecule has 1 saturated heterocycles. The molecule has 0 aromatic heterocycles. The Morgan fingerprint density at radius 2 is 1.88 bits per heavy atom. The number of sulfonamides is 1. The monoisotopic (exact) mass is 487 g/mol. The summed E-state index contributed by atoms with van der Waals surface area (Å²) in [5, 5.41) is 2.60. The minimum atomic E-state index is -3.94. The summed E-state index contributed by atoms with van der Waals surface area (Å²) in [5.74, 6) is 0.0399. The lowest BCUT2D eigenvalue weighted by molar-refractivity contribution is -0.119. The molecule has 0 unspecified atom stereocenters. The van der Waals surface area contributed by atoms with Gasteiger partial charge in [0.1, 0.15) is 22.2 Å². The molecular weight excluding hydrogens is 462 g/mol. The number of amides is 1. The van der Waals surface area contributed by atoms with E-state index in [4.69, 9.17) is 14.2 Å². The van der Waals surface area contributed by atoms with Crippen LogP contribution < -0.4 is 19.7 Å². The molecule has 2 heterocycles. The smallest absolute Gasteiger partial charge is 0.338 e. The zero-order chi connectivity index (χ0) is 24.3. The molecule has 2 aliphatic heterocycles. The lowest BCUT2D eigenvalue weighted by atomic mass is 10.2. The summed E-state index contributed by atoms with van der Waals surface area (Å²) in [6.45, 7) is 0.0938. The van der Waals surface area contributed by atoms with Gasteiger partial charge < -0.3 is 24.4 Å². The Morgan fingerprint density at radius 3 is 2.65 bits per heavy atom. The number of carbonyl (C=O) groups excluding carboxylic acids is 2. The fraction of sp³-hybridized carbons (Fsp3) is 0.348. The second-order valence-corrected chi connectivity index (χ2v) is 9.39. The number of hydrogen-bond acceptors (Lipinski definition) is 8. The molecule has 11 heteroatoms. The van der Waals surface area contributed by atoms with E-state index in [1.54, 1.807) is 24.3 Å². The maximum absolute atomic E-state index is 12.7. The predicted octanol–water partition coefficient (Wildman–Crippen LogP) is 2.98. The highest BCUT2D eigenvalue weighted by atomic mass is 32.2. The first kappa shape index (κ1) is 23.6. The summed E-state index contributed by atoms with van der Waals surface area (Å²) in [6, 6.07) is 9.22. The topological polar surface area (TPSA) is 124 Å². The van der Waals surface area contributed by atoms with Crippen LogP contribution in [0.1, 0.15) is 36.0 Å². The van der Waals surface area contributed by atoms with Crippen molar-refractivity contribution in [1.29, 1.82) is 0 Å². The fourth-order valence-corrected chi connectivity index (χ4v) is 5.20. The Labute approximate surface area is 197 Å². The van der Waals surface area contributed by atoms with Gasteiger partial charge in [0, 0.05) is 19.0 Å². The van der Waals surface area contributed by atoms with Crippen molar-refractivity contribution < 1.29 is 32.2 Å². The standard InChI is InChI=1S/C23H25N3O7S/c1-31-16-8-10-19(32-2)17(13-16)24-22(27)14-33-23(28)15-7-9-18-20(12-15)34(29,30)25-21-6-4-3-5-11-26(18)21/h7-10,12-13H,3-6,11,14H2,1-2H3,(H,24,27). The number of nitrogens with zero attached hydrogens (tertiary/aromatic N) is 2. The third-order valence-corrected chi connectivity index (χ3v) is 6.93. The Morgan fingerprint density at radius 1 is 1.06 bits per heavy atom. The van der Waals surface area contributed by atoms with Gasteiger partial charge in [-0.05, 0) is 43.2 Å². The zero-order valence-corrected chi connectivity index (χ0v) is 19.7. The molecule has 0 atom stereocenters. The lowest BCUT2D eigenvalue weighted by Gasteiger charge is -2.29. The first-order chi connectivity index (χ1) is 16.3. The van der Waals surface area contributed by atoms with Gasteiger partial charge in [-0.2, -0.15) is 8.42 Å². The van der Waals surface area contributed by atoms with E-state index in [1.807, 2.05) is 4.90 Å². The summed E-state index contributed by atoms with van der Waals surface area (Å²) in [4.78, 5) is 26.8. The number of nitrogens with one attached hydrogen (secondary N) is 1. The van der Waals surface area contributed by atoms with Crippen LogP contribution in [0.4, 0.5) is 11.4 Å². The summed E-state index contributed by atoms with van der Waals surface area (Å²) in [6.07, 6.45) is 3.40. The van der Waals surface area contributed by atoms with Crippen molar-refractivity contribution in [1.82, 2.24) is 0 Å². The van der Waals surface area contributed by atoms with Gasteiger partial charge in [-0.3, -0.25) is 4.79 Å². The Hall–Kier alpha value is -3.60. The largest absolute Gasteiger partial charge is 0.497 e. The summed E-state index contributed by atoms with van der Waals surface area (Å²) in [5.41, 5.74) is 0.878. The number of hydrogen-bond donors (Lipinski definition) is 1. The number of rotatable bonds is 6. The van der Waals surface area contributed by atoms with Crippen molar-refractivity contribution in [3.05, 3.63) is 42.0 Å². The normalized spacial score (nSPS) is 16.3. The van der Waals surface area contributed by atoms with E-state index in [0.717, 1.165) is 19.3 Å². The third-order valence-electron chi connectivity index (χ3n) is 5.60. The van der Waals surface area contributed by atoms with Crippen molar-refractivity contribution in [2.75, 3.05) is 37.6 Å². The van der Waals surface area contributed by atoms with E-state index in [0.29, 0.717) is 41.7 Å². The molecule has 34 heavy (non-hydrogen) atoms. The van der Waals surface area contributed by atoms with Crippen molar-refractivity contribution in [3.63, 3.8) is 0 Å². The number of methoxy groups -OCH3 is 2. The van der Waals surface area contributed by atoms with Gasteiger partial charge >= 0.3 is 5.97 Å². The Kier molecular flexibility index (Phi) is 6.73. The molecule has 2 aromatic carbocycles. The maximum Gasteiger partial charge on any atom is 0.338 e. The average Bonchev–Trinajstić information content (AvgIpc) is 3.07. The highest BCUT2D eigenvalue weighted by Crippen LogP contribution is 2.35. The van der Waals surface area contributed by atoms with Crippen LogP contribution >= 0.6 is 0 Å². The fourth-order valence-electron chi connectivity index (χ4n) is 3.92. The molecular formula is C23H25N3O7S. The molecule has 0 spiro atoms. The van der Waals surface area contributed by atoms with Crippen LogP contribution in [0.25, 0.3) is 0 Å². The van der Waals surface area contributed by atoms with Crippen molar-refractivity contribution >= 4 is 39.1 Å². The second-order valence-electron chi connectivity index (χ2n) is 7.82. The predicted molar refractivity (Wildman–Crippen MR) is 125 cm³/mol. The number of ether oxygens (including phenoxy) is 3. The molecule has 0 radical (unpaired) electrons. The molecule has 180 valence electrons. The average molecular weight is 488 g/mol. The molecule has 0 aliphatic carbocycles. The minimum Gasteiger partial charge on any atom is -0.497 e. The van der Waals surface area contributed by atoms with Gasteiger partial charge in [0.05, 0.1) is 31.2 Å². The van der Waals surface area contributed by atoms with Crippen LogP contribution in [0.5, 0.6) is 11.5 Å². The zero-order valence-electron chi connectivity index (χ0n) is 18.9. The Balaban J connectivity index is 1.47. The molecule has 2 aromatic rings. The first-order valence-corrected chi connectivity index (χ1v) is 12.2. The molecule has 1 amide bonds. The van der Waals surface area contributed by atoms with Gasteiger partial charge in [-0.15, -0.1) is 4.40 Å². The van der Waals surface area contributed by atoms with Crippen molar-refractivity contribution in [2.24, 2.45) is 4.40 Å². The number of carbonyl (C=O) groups is 2. The van der Waals surface area contributed by atoms with Crippen LogP contribution in [0.3, 0.4) is 0 Å². The number of fused-ring (bicyclic) bond motifs is 3. The first-order valence-electron chi connectivity index (χ1n) is 10.8. The molecule has 1 fully saturated rings. The quantitative estimate of drug-likeness (QED) is 0.617. The summed E-state index contributed by atoms with van der Waals surface area (Å²) >= 11 is 0. The number of amidine groups is 1. The van der Waals surface area contributed by atoms with E-state index >= 15 is 0 Å². The molecule has 1 N–H and O–H groups in total.